The van der Waals surface area contributed by atoms with E-state index in [1.165, 1.54) is 12.1 Å². The third kappa shape index (κ3) is 4.41. The summed E-state index contributed by atoms with van der Waals surface area (Å²) in [6.07, 6.45) is 2.19. The van der Waals surface area contributed by atoms with E-state index in [0.717, 1.165) is 33.2 Å². The van der Waals surface area contributed by atoms with Crippen LogP contribution in [0.1, 0.15) is 16.8 Å². The number of aromatic nitrogens is 2. The zero-order valence-electron chi connectivity index (χ0n) is 20.6. The highest BCUT2D eigenvalue weighted by Gasteiger charge is 2.26. The van der Waals surface area contributed by atoms with Crippen LogP contribution in [-0.4, -0.2) is 18.1 Å². The molecule has 0 bridgehead atoms. The molecule has 2 aliphatic heterocycles. The zero-order chi connectivity index (χ0) is 26.3. The second kappa shape index (κ2) is 9.43. The largest absolute Gasteiger partial charge is 0.275 e. The number of nitrogens with zero attached hydrogens (tertiary/aromatic N) is 2. The van der Waals surface area contributed by atoms with Crippen molar-refractivity contribution in [1.82, 2.24) is 9.66 Å². The van der Waals surface area contributed by atoms with Gasteiger partial charge in [0.15, 0.2) is 0 Å². The Labute approximate surface area is 220 Å². The third-order valence-electron chi connectivity index (χ3n) is 6.64. The Bertz CT molecular complexity index is 1830. The van der Waals surface area contributed by atoms with Gasteiger partial charge < -0.3 is 0 Å². The van der Waals surface area contributed by atoms with E-state index in [-0.39, 0.29) is 10.7 Å². The van der Waals surface area contributed by atoms with Gasteiger partial charge in [0.2, 0.25) is 0 Å². The molecule has 0 amide bonds. The van der Waals surface area contributed by atoms with Crippen molar-refractivity contribution < 1.29 is 12.8 Å². The van der Waals surface area contributed by atoms with Gasteiger partial charge in [0.25, 0.3) is 10.0 Å². The van der Waals surface area contributed by atoms with Crippen molar-refractivity contribution in [3.63, 3.8) is 0 Å². The van der Waals surface area contributed by atoms with E-state index in [2.05, 4.69) is 4.83 Å². The average Bonchev–Trinajstić information content (AvgIpc) is 3.27. The van der Waals surface area contributed by atoms with Crippen LogP contribution < -0.4 is 4.83 Å². The molecular formula is C31H24FN3O2S. The first-order valence-electron chi connectivity index (χ1n) is 12.2. The number of pyridine rings is 1. The number of sulfonamides is 1. The highest BCUT2D eigenvalue weighted by molar-refractivity contribution is 7.92. The Balaban J connectivity index is 1.65. The van der Waals surface area contributed by atoms with Crippen molar-refractivity contribution in [3.05, 3.63) is 132 Å². The first-order valence-corrected chi connectivity index (χ1v) is 13.7. The first kappa shape index (κ1) is 23.9. The maximum absolute atomic E-state index is 14.1. The second-order valence-electron chi connectivity index (χ2n) is 9.29. The van der Waals surface area contributed by atoms with Gasteiger partial charge in [-0.2, -0.15) is 8.42 Å². The van der Waals surface area contributed by atoms with Gasteiger partial charge in [-0.3, -0.25) is 4.68 Å². The average molecular weight is 522 g/mol. The molecule has 0 atom stereocenters. The van der Waals surface area contributed by atoms with E-state index in [0.29, 0.717) is 23.3 Å². The summed E-state index contributed by atoms with van der Waals surface area (Å²) in [5, 5.41) is 0.744. The smallest absolute Gasteiger partial charge is 0.256 e. The number of aryl methyl sites for hydroxylation is 1. The van der Waals surface area contributed by atoms with Gasteiger partial charge in [-0.1, -0.05) is 78.4 Å². The summed E-state index contributed by atoms with van der Waals surface area (Å²) in [7, 11) is -3.92. The molecule has 0 aliphatic carbocycles. The fraction of sp³-hybridized carbons (Fsp3) is 0.0645. The fourth-order valence-electron chi connectivity index (χ4n) is 4.77. The SMILES string of the molecule is Cc1ccc(S(=O)(=O)Nn2cc3c4ccc(F)cc4nc-3c(-c3ccccc3)c2Cc2ccccc2)cc1. The van der Waals surface area contributed by atoms with Crippen molar-refractivity contribution in [2.24, 2.45) is 0 Å². The first-order chi connectivity index (χ1) is 18.4. The number of halogens is 1. The molecule has 4 aromatic rings. The second-order valence-corrected chi connectivity index (χ2v) is 11.0. The molecule has 0 unspecified atom stereocenters. The Morgan fingerprint density at radius 3 is 2.26 bits per heavy atom. The number of fused-ring (bicyclic) bond motifs is 3. The van der Waals surface area contributed by atoms with E-state index >= 15 is 0 Å². The molecule has 7 heteroatoms. The minimum Gasteiger partial charge on any atom is -0.256 e. The van der Waals surface area contributed by atoms with Crippen molar-refractivity contribution in [2.75, 3.05) is 4.83 Å². The van der Waals surface area contributed by atoms with Gasteiger partial charge in [0.1, 0.15) is 5.82 Å². The third-order valence-corrected chi connectivity index (χ3v) is 7.97. The molecule has 188 valence electrons. The minimum absolute atomic E-state index is 0.162. The van der Waals surface area contributed by atoms with Crippen LogP contribution in [0.4, 0.5) is 4.39 Å². The maximum atomic E-state index is 14.1. The van der Waals surface area contributed by atoms with Gasteiger partial charge >= 0.3 is 0 Å². The van der Waals surface area contributed by atoms with Crippen LogP contribution >= 0.6 is 0 Å². The molecule has 0 aromatic heterocycles. The summed E-state index contributed by atoms with van der Waals surface area (Å²) < 4.78 is 42.8. The fourth-order valence-corrected chi connectivity index (χ4v) is 5.79. The van der Waals surface area contributed by atoms with Crippen LogP contribution in [0, 0.1) is 12.7 Å². The lowest BCUT2D eigenvalue weighted by Crippen LogP contribution is -2.27. The molecule has 2 aliphatic rings. The molecule has 38 heavy (non-hydrogen) atoms. The monoisotopic (exact) mass is 521 g/mol. The van der Waals surface area contributed by atoms with Crippen LogP contribution in [0.2, 0.25) is 0 Å². The molecule has 0 saturated carbocycles. The molecule has 1 N–H and O–H groups in total. The summed E-state index contributed by atoms with van der Waals surface area (Å²) in [4.78, 5) is 7.79. The Kier molecular flexibility index (Phi) is 5.93. The molecular weight excluding hydrogens is 497 g/mol. The summed E-state index contributed by atoms with van der Waals surface area (Å²) in [6.45, 7) is 1.91. The highest BCUT2D eigenvalue weighted by Crippen LogP contribution is 2.41. The normalized spacial score (nSPS) is 11.7. The standard InChI is InChI=1S/C31H24FN3O2S/c1-21-12-15-25(16-13-21)38(36,37)34-35-20-27-26-17-14-24(32)19-28(26)33-31(27)30(23-10-6-3-7-11-23)29(35)18-22-8-4-2-5-9-22/h2-17,19-20,34H,18H2,1H3. The van der Waals surface area contributed by atoms with Crippen molar-refractivity contribution >= 4 is 20.9 Å². The molecule has 6 rings (SSSR count). The number of benzene rings is 4. The van der Waals surface area contributed by atoms with Crippen LogP contribution in [0.5, 0.6) is 0 Å². The van der Waals surface area contributed by atoms with Gasteiger partial charge in [-0.25, -0.2) is 14.2 Å². The van der Waals surface area contributed by atoms with Gasteiger partial charge in [0, 0.05) is 35.2 Å². The molecule has 4 aromatic carbocycles. The van der Waals surface area contributed by atoms with Crippen LogP contribution in [0.3, 0.4) is 0 Å². The van der Waals surface area contributed by atoms with Crippen LogP contribution in [-0.2, 0) is 16.4 Å². The number of hydrogen-bond acceptors (Lipinski definition) is 3. The lowest BCUT2D eigenvalue weighted by molar-refractivity contribution is 0.594. The number of rotatable bonds is 6. The molecule has 0 spiro atoms. The van der Waals surface area contributed by atoms with E-state index < -0.39 is 10.0 Å². The summed E-state index contributed by atoms with van der Waals surface area (Å²) in [6, 6.07) is 30.8. The van der Waals surface area contributed by atoms with E-state index in [1.807, 2.05) is 67.6 Å². The van der Waals surface area contributed by atoms with Crippen molar-refractivity contribution in [1.29, 1.82) is 0 Å². The number of hydrogen-bond donors (Lipinski definition) is 1. The van der Waals surface area contributed by atoms with Crippen molar-refractivity contribution in [3.8, 4) is 22.4 Å². The number of nitrogens with one attached hydrogen (secondary N) is 1. The Hall–Kier alpha value is -4.49. The summed E-state index contributed by atoms with van der Waals surface area (Å²) in [5.41, 5.74) is 6.29. The topological polar surface area (TPSA) is 64.0 Å². The lowest BCUT2D eigenvalue weighted by Gasteiger charge is -2.23. The summed E-state index contributed by atoms with van der Waals surface area (Å²) in [5.74, 6) is -0.376. The summed E-state index contributed by atoms with van der Waals surface area (Å²) >= 11 is 0. The quantitative estimate of drug-likeness (QED) is 0.263. The van der Waals surface area contributed by atoms with Crippen LogP contribution in [0.15, 0.2) is 114 Å². The van der Waals surface area contributed by atoms with E-state index in [4.69, 9.17) is 4.98 Å². The Morgan fingerprint density at radius 1 is 0.868 bits per heavy atom. The van der Waals surface area contributed by atoms with Gasteiger partial charge in [-0.15, -0.1) is 0 Å². The van der Waals surface area contributed by atoms with Crippen molar-refractivity contribution in [2.45, 2.75) is 18.2 Å². The van der Waals surface area contributed by atoms with E-state index in [9.17, 15) is 12.8 Å². The van der Waals surface area contributed by atoms with Crippen LogP contribution in [0.25, 0.3) is 33.3 Å². The maximum Gasteiger partial charge on any atom is 0.275 e. The van der Waals surface area contributed by atoms with Gasteiger partial charge in [-0.05, 0) is 42.3 Å². The van der Waals surface area contributed by atoms with E-state index in [1.54, 1.807) is 41.2 Å². The minimum atomic E-state index is -3.92. The molecule has 2 heterocycles. The molecule has 0 radical (unpaired) electrons. The predicted octanol–water partition coefficient (Wildman–Crippen LogP) is 6.78. The van der Waals surface area contributed by atoms with Gasteiger partial charge in [0.05, 0.1) is 21.8 Å². The highest BCUT2D eigenvalue weighted by atomic mass is 32.2. The Morgan fingerprint density at radius 2 is 1.55 bits per heavy atom. The predicted molar refractivity (Wildman–Crippen MR) is 149 cm³/mol. The molecule has 0 fully saturated rings. The lowest BCUT2D eigenvalue weighted by atomic mass is 9.94. The molecule has 0 saturated heterocycles. The zero-order valence-corrected chi connectivity index (χ0v) is 21.4. The molecule has 5 nitrogen and oxygen atoms in total.